The minimum Gasteiger partial charge on any atom is -0.492 e. The number of aromatic amines is 1. The van der Waals surface area contributed by atoms with Crippen molar-refractivity contribution in [2.75, 3.05) is 39.3 Å². The van der Waals surface area contributed by atoms with E-state index in [1.54, 1.807) is 0 Å². The largest absolute Gasteiger partial charge is 0.492 e. The number of rotatable bonds is 10. The van der Waals surface area contributed by atoms with Gasteiger partial charge in [-0.3, -0.25) is 14.3 Å². The molecule has 5 rings (SSSR count). The van der Waals surface area contributed by atoms with E-state index in [1.165, 1.54) is 0 Å². The molecule has 0 spiro atoms. The number of ether oxygens (including phenoxy) is 1. The maximum Gasteiger partial charge on any atom is 0.326 e. The second-order valence-electron chi connectivity index (χ2n) is 10.8. The number of piperidine rings is 1. The van der Waals surface area contributed by atoms with Crippen molar-refractivity contribution < 1.29 is 9.53 Å². The van der Waals surface area contributed by atoms with Gasteiger partial charge in [0.1, 0.15) is 12.4 Å². The number of carbonyl (C=O) groups is 1. The number of para-hydroxylation sites is 3. The number of aromatic nitrogens is 2. The van der Waals surface area contributed by atoms with Crippen LogP contribution in [0.4, 0.5) is 0 Å². The van der Waals surface area contributed by atoms with Crippen molar-refractivity contribution in [2.45, 2.75) is 39.7 Å². The summed E-state index contributed by atoms with van der Waals surface area (Å²) >= 11 is 0. The first-order valence-electron chi connectivity index (χ1n) is 14.5. The first-order chi connectivity index (χ1) is 19.5. The van der Waals surface area contributed by atoms with Crippen molar-refractivity contribution >= 4 is 16.9 Å². The van der Waals surface area contributed by atoms with Gasteiger partial charge in [-0.05, 0) is 67.6 Å². The Balaban J connectivity index is 1.16. The molecule has 3 aromatic carbocycles. The third kappa shape index (κ3) is 5.99. The molecule has 1 saturated heterocycles. The van der Waals surface area contributed by atoms with Crippen molar-refractivity contribution in [3.05, 3.63) is 100.0 Å². The Hall–Kier alpha value is -3.84. The van der Waals surface area contributed by atoms with Crippen LogP contribution >= 0.6 is 0 Å². The molecule has 210 valence electrons. The molecule has 1 N–H and O–H groups in total. The molecule has 7 heteroatoms. The number of hydrogen-bond donors (Lipinski definition) is 1. The smallest absolute Gasteiger partial charge is 0.326 e. The summed E-state index contributed by atoms with van der Waals surface area (Å²) in [5, 5.41) is 0. The molecule has 1 amide bonds. The monoisotopic (exact) mass is 540 g/mol. The van der Waals surface area contributed by atoms with E-state index in [0.717, 1.165) is 65.9 Å². The minimum atomic E-state index is -0.0171. The van der Waals surface area contributed by atoms with Crippen molar-refractivity contribution in [1.82, 2.24) is 19.4 Å². The van der Waals surface area contributed by atoms with E-state index >= 15 is 0 Å². The molecular formula is C33H40N4O3. The van der Waals surface area contributed by atoms with E-state index < -0.39 is 0 Å². The van der Waals surface area contributed by atoms with Gasteiger partial charge >= 0.3 is 5.69 Å². The van der Waals surface area contributed by atoms with Crippen molar-refractivity contribution in [3.63, 3.8) is 0 Å². The van der Waals surface area contributed by atoms with Crippen LogP contribution in [0.15, 0.2) is 77.6 Å². The summed E-state index contributed by atoms with van der Waals surface area (Å²) in [6.45, 7) is 11.0. The normalized spacial score (nSPS) is 17.7. The van der Waals surface area contributed by atoms with Gasteiger partial charge in [0.05, 0.1) is 11.0 Å². The molecule has 2 atom stereocenters. The third-order valence-electron chi connectivity index (χ3n) is 8.18. The Bertz CT molecular complexity index is 1490. The molecule has 2 unspecified atom stereocenters. The fourth-order valence-corrected chi connectivity index (χ4v) is 5.96. The Labute approximate surface area is 236 Å². The van der Waals surface area contributed by atoms with Crippen LogP contribution in [0.25, 0.3) is 11.0 Å². The van der Waals surface area contributed by atoms with Gasteiger partial charge < -0.3 is 14.6 Å². The molecule has 7 nitrogen and oxygen atoms in total. The van der Waals surface area contributed by atoms with E-state index in [1.807, 2.05) is 90.0 Å². The summed E-state index contributed by atoms with van der Waals surface area (Å²) in [5.74, 6) is 1.33. The van der Waals surface area contributed by atoms with Gasteiger partial charge in [0.15, 0.2) is 0 Å². The van der Waals surface area contributed by atoms with E-state index in [9.17, 15) is 9.59 Å². The molecule has 2 heterocycles. The van der Waals surface area contributed by atoms with Gasteiger partial charge in [-0.15, -0.1) is 0 Å². The summed E-state index contributed by atoms with van der Waals surface area (Å²) < 4.78 is 8.24. The standard InChI is InChI=1S/C33H40N4O3/c1-4-36(5-2)32(38)26-16-14-25(15-17-26)22-27-10-6-9-13-31(27)40-21-20-35-19-18-29(24(3)23-35)37-30-12-8-7-11-28(30)34-33(37)39/h6-17,24,29H,4-5,18-23H2,1-3H3,(H,34,39). The van der Waals surface area contributed by atoms with Crippen molar-refractivity contribution in [1.29, 1.82) is 0 Å². The zero-order valence-corrected chi connectivity index (χ0v) is 23.8. The second kappa shape index (κ2) is 12.6. The zero-order chi connectivity index (χ0) is 28.1. The second-order valence-corrected chi connectivity index (χ2v) is 10.8. The number of fused-ring (bicyclic) bond motifs is 1. The Morgan fingerprint density at radius 1 is 1.00 bits per heavy atom. The predicted molar refractivity (Wildman–Crippen MR) is 160 cm³/mol. The average Bonchev–Trinajstić information content (AvgIpc) is 3.30. The molecule has 0 saturated carbocycles. The first-order valence-corrected chi connectivity index (χ1v) is 14.5. The quantitative estimate of drug-likeness (QED) is 0.294. The van der Waals surface area contributed by atoms with Crippen LogP contribution in [-0.2, 0) is 6.42 Å². The molecule has 40 heavy (non-hydrogen) atoms. The van der Waals surface area contributed by atoms with E-state index in [0.29, 0.717) is 25.6 Å². The number of imidazole rings is 1. The van der Waals surface area contributed by atoms with E-state index in [-0.39, 0.29) is 17.6 Å². The number of likely N-dealkylation sites (tertiary alicyclic amines) is 1. The summed E-state index contributed by atoms with van der Waals surface area (Å²) in [6, 6.07) is 24.3. The highest BCUT2D eigenvalue weighted by molar-refractivity contribution is 5.94. The number of nitrogens with one attached hydrogen (secondary N) is 1. The van der Waals surface area contributed by atoms with Crippen LogP contribution in [-0.4, -0.2) is 64.6 Å². The average molecular weight is 541 g/mol. The van der Waals surface area contributed by atoms with Gasteiger partial charge in [0.25, 0.3) is 5.91 Å². The van der Waals surface area contributed by atoms with Crippen LogP contribution in [0.3, 0.4) is 0 Å². The SMILES string of the molecule is CCN(CC)C(=O)c1ccc(Cc2ccccc2OCCN2CCC(n3c(=O)[nH]c4ccccc43)C(C)C2)cc1. The fraction of sp³-hybridized carbons (Fsp3) is 0.394. The number of nitrogens with zero attached hydrogens (tertiary/aromatic N) is 3. The number of amides is 1. The number of H-pyrrole nitrogens is 1. The summed E-state index contributed by atoms with van der Waals surface area (Å²) in [7, 11) is 0. The molecule has 0 radical (unpaired) electrons. The van der Waals surface area contributed by atoms with Gasteiger partial charge in [-0.1, -0.05) is 49.4 Å². The van der Waals surface area contributed by atoms with E-state index in [4.69, 9.17) is 4.74 Å². The van der Waals surface area contributed by atoms with Gasteiger partial charge in [-0.2, -0.15) is 0 Å². The first kappa shape index (κ1) is 27.7. The Morgan fingerprint density at radius 3 is 2.48 bits per heavy atom. The highest BCUT2D eigenvalue weighted by atomic mass is 16.5. The summed E-state index contributed by atoms with van der Waals surface area (Å²) in [5.41, 5.74) is 4.88. The lowest BCUT2D eigenvalue weighted by Crippen LogP contribution is -2.43. The van der Waals surface area contributed by atoms with Crippen LogP contribution in [0.1, 0.15) is 54.7 Å². The van der Waals surface area contributed by atoms with E-state index in [2.05, 4.69) is 22.9 Å². The van der Waals surface area contributed by atoms with Gasteiger partial charge in [0, 0.05) is 50.7 Å². The molecule has 1 aromatic heterocycles. The Kier molecular flexibility index (Phi) is 8.70. The highest BCUT2D eigenvalue weighted by Crippen LogP contribution is 2.29. The number of carbonyl (C=O) groups excluding carboxylic acids is 1. The summed E-state index contributed by atoms with van der Waals surface area (Å²) in [6.07, 6.45) is 1.68. The van der Waals surface area contributed by atoms with Gasteiger partial charge in [0.2, 0.25) is 0 Å². The summed E-state index contributed by atoms with van der Waals surface area (Å²) in [4.78, 5) is 32.6. The van der Waals surface area contributed by atoms with Crippen LogP contribution in [0, 0.1) is 5.92 Å². The maximum absolute atomic E-state index is 12.7. The molecular weight excluding hydrogens is 500 g/mol. The lowest BCUT2D eigenvalue weighted by molar-refractivity contribution is 0.0773. The highest BCUT2D eigenvalue weighted by Gasteiger charge is 2.29. The Morgan fingerprint density at radius 2 is 1.73 bits per heavy atom. The topological polar surface area (TPSA) is 70.6 Å². The molecule has 0 bridgehead atoms. The number of benzene rings is 3. The lowest BCUT2D eigenvalue weighted by atomic mass is 9.93. The molecule has 1 aliphatic heterocycles. The third-order valence-corrected chi connectivity index (χ3v) is 8.18. The maximum atomic E-state index is 12.7. The molecule has 0 aliphatic carbocycles. The zero-order valence-electron chi connectivity index (χ0n) is 23.8. The molecule has 1 fully saturated rings. The fourth-order valence-electron chi connectivity index (χ4n) is 5.96. The van der Waals surface area contributed by atoms with Gasteiger partial charge in [-0.25, -0.2) is 4.79 Å². The van der Waals surface area contributed by atoms with Crippen LogP contribution in [0.2, 0.25) is 0 Å². The lowest BCUT2D eigenvalue weighted by Gasteiger charge is -2.37. The van der Waals surface area contributed by atoms with Crippen LogP contribution < -0.4 is 10.4 Å². The molecule has 1 aliphatic rings. The minimum absolute atomic E-state index is 0.0171. The predicted octanol–water partition coefficient (Wildman–Crippen LogP) is 5.36. The number of hydrogen-bond acceptors (Lipinski definition) is 4. The van der Waals surface area contributed by atoms with Crippen LogP contribution in [0.5, 0.6) is 5.75 Å². The van der Waals surface area contributed by atoms with Crippen molar-refractivity contribution in [2.24, 2.45) is 5.92 Å². The molecule has 4 aromatic rings. The van der Waals surface area contributed by atoms with Crippen molar-refractivity contribution in [3.8, 4) is 5.75 Å².